The molecule has 1 aliphatic rings. The fourth-order valence-corrected chi connectivity index (χ4v) is 4.79. The van der Waals surface area contributed by atoms with E-state index < -0.39 is 10.0 Å². The largest absolute Gasteiger partial charge is 0.340 e. The van der Waals surface area contributed by atoms with Crippen LogP contribution < -0.4 is 10.2 Å². The zero-order chi connectivity index (χ0) is 23.4. The molecular formula is C25H29N5O2S. The summed E-state index contributed by atoms with van der Waals surface area (Å²) in [5.74, 6) is 1.33. The summed E-state index contributed by atoms with van der Waals surface area (Å²) in [7, 11) is -3.48. The van der Waals surface area contributed by atoms with Crippen molar-refractivity contribution >= 4 is 33.6 Å². The van der Waals surface area contributed by atoms with Gasteiger partial charge in [0.15, 0.2) is 0 Å². The lowest BCUT2D eigenvalue weighted by Crippen LogP contribution is -2.48. The topological polar surface area (TPSA) is 78.4 Å². The van der Waals surface area contributed by atoms with E-state index in [1.165, 1.54) is 15.3 Å². The van der Waals surface area contributed by atoms with Crippen LogP contribution in [0.3, 0.4) is 0 Å². The van der Waals surface area contributed by atoms with E-state index in [1.54, 1.807) is 6.08 Å². The molecule has 0 atom stereocenters. The van der Waals surface area contributed by atoms with Crippen molar-refractivity contribution in [3.63, 3.8) is 0 Å². The molecule has 3 aromatic rings. The van der Waals surface area contributed by atoms with Crippen LogP contribution in [-0.2, 0) is 10.0 Å². The van der Waals surface area contributed by atoms with Gasteiger partial charge in [-0.15, -0.1) is 0 Å². The van der Waals surface area contributed by atoms with E-state index in [2.05, 4.69) is 22.2 Å². The Kier molecular flexibility index (Phi) is 6.76. The zero-order valence-electron chi connectivity index (χ0n) is 19.2. The maximum absolute atomic E-state index is 12.8. The third kappa shape index (κ3) is 5.97. The van der Waals surface area contributed by atoms with Gasteiger partial charge in [0.05, 0.1) is 0 Å². The van der Waals surface area contributed by atoms with Crippen molar-refractivity contribution in [2.45, 2.75) is 20.8 Å². The average molecular weight is 464 g/mol. The summed E-state index contributed by atoms with van der Waals surface area (Å²) in [5.41, 5.74) is 5.01. The van der Waals surface area contributed by atoms with Gasteiger partial charge in [0.1, 0.15) is 5.82 Å². The summed E-state index contributed by atoms with van der Waals surface area (Å²) in [6, 6.07) is 17.8. The average Bonchev–Trinajstić information content (AvgIpc) is 2.80. The predicted octanol–water partition coefficient (Wildman–Crippen LogP) is 4.27. The van der Waals surface area contributed by atoms with E-state index >= 15 is 0 Å². The Bertz CT molecular complexity index is 1230. The van der Waals surface area contributed by atoms with Gasteiger partial charge in [-0.05, 0) is 44.5 Å². The molecule has 7 nitrogen and oxygen atoms in total. The first kappa shape index (κ1) is 22.9. The lowest BCUT2D eigenvalue weighted by Gasteiger charge is -2.33. The number of nitrogens with one attached hydrogen (secondary N) is 1. The third-order valence-electron chi connectivity index (χ3n) is 5.56. The molecular weight excluding hydrogens is 434 g/mol. The van der Waals surface area contributed by atoms with Crippen molar-refractivity contribution in [3.8, 4) is 0 Å². The molecule has 2 aromatic carbocycles. The van der Waals surface area contributed by atoms with Gasteiger partial charge in [-0.2, -0.15) is 9.29 Å². The molecule has 0 aliphatic carbocycles. The molecule has 33 heavy (non-hydrogen) atoms. The van der Waals surface area contributed by atoms with Crippen molar-refractivity contribution in [1.82, 2.24) is 14.3 Å². The second kappa shape index (κ2) is 9.72. The molecule has 0 saturated carbocycles. The van der Waals surface area contributed by atoms with Crippen LogP contribution in [0.1, 0.15) is 22.4 Å². The number of piperazine rings is 1. The quantitative estimate of drug-likeness (QED) is 0.588. The summed E-state index contributed by atoms with van der Waals surface area (Å²) in [5, 5.41) is 4.62. The molecule has 0 amide bonds. The van der Waals surface area contributed by atoms with E-state index in [0.29, 0.717) is 32.1 Å². The standard InChI is InChI=1S/C25H29N5O2S/c1-19-4-8-22(9-5-19)12-17-33(31,32)30-15-13-29(14-16-30)25-26-21(3)18-24(28-25)27-23-10-6-20(2)7-11-23/h4-12,17-18H,13-16H2,1-3H3,(H,26,27,28)/b17-12+. The Morgan fingerprint density at radius 3 is 2.09 bits per heavy atom. The molecule has 4 rings (SSSR count). The summed E-state index contributed by atoms with van der Waals surface area (Å²) < 4.78 is 27.1. The fraction of sp³-hybridized carbons (Fsp3) is 0.280. The molecule has 1 fully saturated rings. The number of benzene rings is 2. The maximum atomic E-state index is 12.8. The molecule has 0 unspecified atom stereocenters. The van der Waals surface area contributed by atoms with Gasteiger partial charge in [0, 0.05) is 49.0 Å². The summed E-state index contributed by atoms with van der Waals surface area (Å²) in [6.45, 7) is 7.83. The van der Waals surface area contributed by atoms with Gasteiger partial charge in [0.25, 0.3) is 0 Å². The molecule has 1 aromatic heterocycles. The van der Waals surface area contributed by atoms with E-state index in [0.717, 1.165) is 28.3 Å². The van der Waals surface area contributed by atoms with Crippen molar-refractivity contribution in [1.29, 1.82) is 0 Å². The minimum absolute atomic E-state index is 0.387. The summed E-state index contributed by atoms with van der Waals surface area (Å²) >= 11 is 0. The lowest BCUT2D eigenvalue weighted by atomic mass is 10.2. The smallest absolute Gasteiger partial charge is 0.236 e. The second-order valence-corrected chi connectivity index (χ2v) is 10.1. The molecule has 1 aliphatic heterocycles. The van der Waals surface area contributed by atoms with Crippen LogP contribution in [0.2, 0.25) is 0 Å². The Morgan fingerprint density at radius 1 is 0.848 bits per heavy atom. The Balaban J connectivity index is 1.41. The number of aryl methyl sites for hydroxylation is 3. The number of aromatic nitrogens is 2. The molecule has 2 heterocycles. The van der Waals surface area contributed by atoms with E-state index in [9.17, 15) is 8.42 Å². The van der Waals surface area contributed by atoms with Crippen molar-refractivity contribution in [2.24, 2.45) is 0 Å². The van der Waals surface area contributed by atoms with Crippen LogP contribution in [0.5, 0.6) is 0 Å². The van der Waals surface area contributed by atoms with Crippen LogP contribution in [-0.4, -0.2) is 48.9 Å². The number of hydrogen-bond acceptors (Lipinski definition) is 6. The number of hydrogen-bond donors (Lipinski definition) is 1. The highest BCUT2D eigenvalue weighted by Crippen LogP contribution is 2.21. The normalized spacial score (nSPS) is 15.2. The monoisotopic (exact) mass is 463 g/mol. The van der Waals surface area contributed by atoms with E-state index in [-0.39, 0.29) is 0 Å². The second-order valence-electron chi connectivity index (χ2n) is 8.33. The van der Waals surface area contributed by atoms with Crippen LogP contribution in [0.4, 0.5) is 17.5 Å². The van der Waals surface area contributed by atoms with Gasteiger partial charge in [-0.25, -0.2) is 13.4 Å². The van der Waals surface area contributed by atoms with Gasteiger partial charge in [0.2, 0.25) is 16.0 Å². The van der Waals surface area contributed by atoms with Gasteiger partial charge in [-0.1, -0.05) is 47.5 Å². The Hall–Kier alpha value is -3.23. The fourth-order valence-electron chi connectivity index (χ4n) is 3.61. The van der Waals surface area contributed by atoms with Gasteiger partial charge >= 0.3 is 0 Å². The van der Waals surface area contributed by atoms with Crippen LogP contribution >= 0.6 is 0 Å². The van der Waals surface area contributed by atoms with Crippen molar-refractivity contribution in [2.75, 3.05) is 36.4 Å². The van der Waals surface area contributed by atoms with Crippen molar-refractivity contribution < 1.29 is 8.42 Å². The molecule has 1 N–H and O–H groups in total. The Labute approximate surface area is 195 Å². The van der Waals surface area contributed by atoms with E-state index in [1.807, 2.05) is 73.3 Å². The number of sulfonamides is 1. The first-order valence-corrected chi connectivity index (χ1v) is 12.5. The highest BCUT2D eigenvalue weighted by Gasteiger charge is 2.26. The molecule has 0 spiro atoms. The van der Waals surface area contributed by atoms with Crippen LogP contribution in [0.15, 0.2) is 60.0 Å². The van der Waals surface area contributed by atoms with Crippen molar-refractivity contribution in [3.05, 3.63) is 82.4 Å². The Morgan fingerprint density at radius 2 is 1.45 bits per heavy atom. The highest BCUT2D eigenvalue weighted by atomic mass is 32.2. The lowest BCUT2D eigenvalue weighted by molar-refractivity contribution is 0.387. The number of rotatable bonds is 6. The molecule has 8 heteroatoms. The van der Waals surface area contributed by atoms with Gasteiger partial charge in [-0.3, -0.25) is 0 Å². The number of anilines is 3. The van der Waals surface area contributed by atoms with Crippen LogP contribution in [0, 0.1) is 20.8 Å². The van der Waals surface area contributed by atoms with Gasteiger partial charge < -0.3 is 10.2 Å². The first-order valence-electron chi connectivity index (χ1n) is 11.0. The minimum atomic E-state index is -3.48. The zero-order valence-corrected chi connectivity index (χ0v) is 20.0. The molecule has 172 valence electrons. The molecule has 0 bridgehead atoms. The SMILES string of the molecule is Cc1ccc(/C=C/S(=O)(=O)N2CCN(c3nc(C)cc(Nc4ccc(C)cc4)n3)CC2)cc1. The maximum Gasteiger partial charge on any atom is 0.236 e. The first-order chi connectivity index (χ1) is 15.8. The molecule has 0 radical (unpaired) electrons. The van der Waals surface area contributed by atoms with E-state index in [4.69, 9.17) is 0 Å². The number of nitrogens with zero attached hydrogens (tertiary/aromatic N) is 4. The predicted molar refractivity (Wildman–Crippen MR) is 134 cm³/mol. The van der Waals surface area contributed by atoms with Crippen LogP contribution in [0.25, 0.3) is 6.08 Å². The minimum Gasteiger partial charge on any atom is -0.340 e. The summed E-state index contributed by atoms with van der Waals surface area (Å²) in [6.07, 6.45) is 1.65. The summed E-state index contributed by atoms with van der Waals surface area (Å²) in [4.78, 5) is 11.3. The molecule has 1 saturated heterocycles. The highest BCUT2D eigenvalue weighted by molar-refractivity contribution is 7.92. The third-order valence-corrected chi connectivity index (χ3v) is 7.12.